The zero-order valence-electron chi connectivity index (χ0n) is 17.8. The highest BCUT2D eigenvalue weighted by molar-refractivity contribution is 5.90. The highest BCUT2D eigenvalue weighted by Crippen LogP contribution is 2.41. The number of fused-ring (bicyclic) bond motifs is 1. The van der Waals surface area contributed by atoms with Crippen molar-refractivity contribution in [1.82, 2.24) is 4.90 Å². The average molecular weight is 427 g/mol. The number of hydrogen-bond donors (Lipinski definition) is 3. The number of anilines is 1. The lowest BCUT2D eigenvalue weighted by Gasteiger charge is -2.44. The molecule has 1 amide bonds. The molecular formula is C24H30N2O5. The van der Waals surface area contributed by atoms with Gasteiger partial charge in [-0.1, -0.05) is 18.2 Å². The molecule has 1 saturated heterocycles. The van der Waals surface area contributed by atoms with E-state index in [-0.39, 0.29) is 23.7 Å². The van der Waals surface area contributed by atoms with E-state index >= 15 is 0 Å². The Kier molecular flexibility index (Phi) is 6.34. The van der Waals surface area contributed by atoms with Crippen LogP contribution in [0.25, 0.3) is 0 Å². The Morgan fingerprint density at radius 3 is 2.81 bits per heavy atom. The number of likely N-dealkylation sites (tertiary alicyclic amines) is 1. The number of aliphatic hydroxyl groups excluding tert-OH is 1. The summed E-state index contributed by atoms with van der Waals surface area (Å²) in [5.41, 5.74) is 1.94. The van der Waals surface area contributed by atoms with Crippen LogP contribution in [0.3, 0.4) is 0 Å². The Morgan fingerprint density at radius 1 is 1.26 bits per heavy atom. The largest absolute Gasteiger partial charge is 0.508 e. The first-order valence-corrected chi connectivity index (χ1v) is 10.8. The minimum atomic E-state index is -0.676. The molecule has 7 heteroatoms. The van der Waals surface area contributed by atoms with E-state index < -0.39 is 6.10 Å². The Bertz CT molecular complexity index is 924. The maximum absolute atomic E-state index is 11.4. The molecule has 31 heavy (non-hydrogen) atoms. The number of nitrogens with one attached hydrogen (secondary N) is 1. The van der Waals surface area contributed by atoms with Gasteiger partial charge in [0, 0.05) is 24.9 Å². The molecule has 2 aromatic carbocycles. The Balaban J connectivity index is 1.27. The van der Waals surface area contributed by atoms with Crippen molar-refractivity contribution in [2.75, 3.05) is 38.2 Å². The average Bonchev–Trinajstić information content (AvgIpc) is 2.75. The molecule has 0 bridgehead atoms. The maximum atomic E-state index is 11.4. The molecule has 0 unspecified atom stereocenters. The third-order valence-corrected chi connectivity index (χ3v) is 6.16. The van der Waals surface area contributed by atoms with Crippen LogP contribution in [-0.4, -0.2) is 60.0 Å². The number of phenolic OH excluding ortho intramolecular Hbond substituents is 1. The number of rotatable bonds is 6. The molecule has 0 aliphatic carbocycles. The molecule has 166 valence electrons. The molecule has 1 atom stereocenters. The summed E-state index contributed by atoms with van der Waals surface area (Å²) in [5.74, 6) is 1.16. The summed E-state index contributed by atoms with van der Waals surface area (Å²) in [5, 5.41) is 22.9. The van der Waals surface area contributed by atoms with Crippen LogP contribution in [-0.2, 0) is 11.2 Å². The van der Waals surface area contributed by atoms with Gasteiger partial charge >= 0.3 is 0 Å². The van der Waals surface area contributed by atoms with Crippen molar-refractivity contribution in [3.63, 3.8) is 0 Å². The molecule has 0 radical (unpaired) electrons. The number of β-amino-alcohol motifs (C(OH)–C–C–N with tert-alkyl or cyclic N) is 1. The number of aliphatic hydroxyl groups is 1. The fourth-order valence-corrected chi connectivity index (χ4v) is 4.47. The predicted molar refractivity (Wildman–Crippen MR) is 118 cm³/mol. The number of piperidine rings is 1. The second-order valence-electron chi connectivity index (χ2n) is 8.70. The number of nitrogens with zero attached hydrogens (tertiary/aromatic N) is 1. The standard InChI is InChI=1S/C24H30N2O5/c1-17(27)25-21-7-6-19(28)12-23(21)30-15-20(29)14-26-10-8-24(9-11-26)13-18-4-2-3-5-22(18)31-16-24/h2-7,12,20,28-29H,8-11,13-16H2,1H3,(H,25,27)/t20-/m0/s1. The maximum Gasteiger partial charge on any atom is 0.221 e. The summed E-state index contributed by atoms with van der Waals surface area (Å²) in [6.07, 6.45) is 2.44. The molecule has 4 rings (SSSR count). The second kappa shape index (κ2) is 9.16. The molecule has 2 heterocycles. The minimum Gasteiger partial charge on any atom is -0.508 e. The highest BCUT2D eigenvalue weighted by Gasteiger charge is 2.39. The van der Waals surface area contributed by atoms with Crippen molar-refractivity contribution in [3.05, 3.63) is 48.0 Å². The number of amides is 1. The molecule has 1 spiro atoms. The van der Waals surface area contributed by atoms with E-state index in [2.05, 4.69) is 22.3 Å². The lowest BCUT2D eigenvalue weighted by atomic mass is 9.73. The lowest BCUT2D eigenvalue weighted by Crippen LogP contribution is -2.48. The smallest absolute Gasteiger partial charge is 0.221 e. The van der Waals surface area contributed by atoms with Crippen molar-refractivity contribution in [1.29, 1.82) is 0 Å². The monoisotopic (exact) mass is 426 g/mol. The van der Waals surface area contributed by atoms with E-state index in [0.717, 1.165) is 44.7 Å². The Morgan fingerprint density at radius 2 is 2.03 bits per heavy atom. The topological polar surface area (TPSA) is 91.3 Å². The summed E-state index contributed by atoms with van der Waals surface area (Å²) in [7, 11) is 0. The van der Waals surface area contributed by atoms with Crippen LogP contribution in [0.15, 0.2) is 42.5 Å². The zero-order chi connectivity index (χ0) is 21.8. The summed E-state index contributed by atoms with van der Waals surface area (Å²) < 4.78 is 11.7. The SMILES string of the molecule is CC(=O)Nc1ccc(O)cc1OC[C@@H](O)CN1CCC2(CC1)COc1ccccc1C2. The number of aromatic hydroxyl groups is 1. The third-order valence-electron chi connectivity index (χ3n) is 6.16. The van der Waals surface area contributed by atoms with Crippen LogP contribution in [0, 0.1) is 5.41 Å². The number of carbonyl (C=O) groups is 1. The van der Waals surface area contributed by atoms with E-state index in [1.54, 1.807) is 6.07 Å². The first-order valence-electron chi connectivity index (χ1n) is 10.8. The van der Waals surface area contributed by atoms with Crippen molar-refractivity contribution >= 4 is 11.6 Å². The summed E-state index contributed by atoms with van der Waals surface area (Å²) in [6.45, 7) is 4.57. The Labute approximate surface area is 182 Å². The van der Waals surface area contributed by atoms with E-state index in [9.17, 15) is 15.0 Å². The number of ether oxygens (including phenoxy) is 2. The first-order chi connectivity index (χ1) is 14.9. The third kappa shape index (κ3) is 5.29. The van der Waals surface area contributed by atoms with Gasteiger partial charge in [-0.05, 0) is 56.1 Å². The fourth-order valence-electron chi connectivity index (χ4n) is 4.47. The molecule has 3 N–H and O–H groups in total. The van der Waals surface area contributed by atoms with Gasteiger partial charge in [-0.25, -0.2) is 0 Å². The number of para-hydroxylation sites is 1. The van der Waals surface area contributed by atoms with Gasteiger partial charge in [-0.3, -0.25) is 4.79 Å². The highest BCUT2D eigenvalue weighted by atomic mass is 16.5. The summed E-state index contributed by atoms with van der Waals surface area (Å²) >= 11 is 0. The van der Waals surface area contributed by atoms with Crippen molar-refractivity contribution in [2.24, 2.45) is 5.41 Å². The van der Waals surface area contributed by atoms with Gasteiger partial charge in [0.1, 0.15) is 30.0 Å². The van der Waals surface area contributed by atoms with Gasteiger partial charge in [-0.2, -0.15) is 0 Å². The van der Waals surface area contributed by atoms with E-state index in [4.69, 9.17) is 9.47 Å². The molecule has 2 aliphatic rings. The molecule has 2 aliphatic heterocycles. The predicted octanol–water partition coefficient (Wildman–Crippen LogP) is 2.81. The molecule has 7 nitrogen and oxygen atoms in total. The zero-order valence-corrected chi connectivity index (χ0v) is 17.8. The van der Waals surface area contributed by atoms with Gasteiger partial charge in [0.25, 0.3) is 0 Å². The second-order valence-corrected chi connectivity index (χ2v) is 8.70. The van der Waals surface area contributed by atoms with E-state index in [1.807, 2.05) is 12.1 Å². The number of hydrogen-bond acceptors (Lipinski definition) is 6. The minimum absolute atomic E-state index is 0.0381. The van der Waals surface area contributed by atoms with Crippen LogP contribution in [0.1, 0.15) is 25.3 Å². The van der Waals surface area contributed by atoms with Crippen LogP contribution in [0.5, 0.6) is 17.2 Å². The fraction of sp³-hybridized carbons (Fsp3) is 0.458. The van der Waals surface area contributed by atoms with E-state index in [1.165, 1.54) is 24.6 Å². The van der Waals surface area contributed by atoms with Crippen molar-refractivity contribution < 1.29 is 24.5 Å². The van der Waals surface area contributed by atoms with Crippen molar-refractivity contribution in [3.8, 4) is 17.2 Å². The van der Waals surface area contributed by atoms with Gasteiger partial charge in [0.15, 0.2) is 0 Å². The van der Waals surface area contributed by atoms with Crippen LogP contribution in [0.4, 0.5) is 5.69 Å². The molecule has 1 fully saturated rings. The number of phenols is 1. The van der Waals surface area contributed by atoms with Crippen LogP contribution < -0.4 is 14.8 Å². The molecular weight excluding hydrogens is 396 g/mol. The normalized spacial score (nSPS) is 18.6. The number of benzene rings is 2. The summed E-state index contributed by atoms with van der Waals surface area (Å²) in [6, 6.07) is 12.8. The van der Waals surface area contributed by atoms with Crippen LogP contribution >= 0.6 is 0 Å². The summed E-state index contributed by atoms with van der Waals surface area (Å²) in [4.78, 5) is 13.6. The first kappa shape index (κ1) is 21.5. The van der Waals surface area contributed by atoms with Crippen LogP contribution in [0.2, 0.25) is 0 Å². The van der Waals surface area contributed by atoms with E-state index in [0.29, 0.717) is 18.0 Å². The molecule has 2 aromatic rings. The van der Waals surface area contributed by atoms with Gasteiger partial charge in [0.2, 0.25) is 5.91 Å². The Hall–Kier alpha value is -2.77. The van der Waals surface area contributed by atoms with Gasteiger partial charge in [-0.15, -0.1) is 0 Å². The van der Waals surface area contributed by atoms with Gasteiger partial charge in [0.05, 0.1) is 12.3 Å². The van der Waals surface area contributed by atoms with Gasteiger partial charge < -0.3 is 29.9 Å². The quantitative estimate of drug-likeness (QED) is 0.616. The number of carbonyl (C=O) groups excluding carboxylic acids is 1. The molecule has 0 saturated carbocycles. The van der Waals surface area contributed by atoms with Crippen molar-refractivity contribution in [2.45, 2.75) is 32.3 Å². The molecule has 0 aromatic heterocycles. The lowest BCUT2D eigenvalue weighted by molar-refractivity contribution is -0.114.